The van der Waals surface area contributed by atoms with Gasteiger partial charge in [0.2, 0.25) is 0 Å². The average Bonchev–Trinajstić information content (AvgIpc) is 2.98. The highest BCUT2D eigenvalue weighted by molar-refractivity contribution is 5.88. The van der Waals surface area contributed by atoms with Crippen molar-refractivity contribution in [2.24, 2.45) is 11.8 Å². The number of unbranched alkanes of at least 4 members (excludes halogenated alkanes) is 1. The third kappa shape index (κ3) is 5.92. The number of carbonyl (C=O) groups is 3. The summed E-state index contributed by atoms with van der Waals surface area (Å²) in [6.07, 6.45) is 7.05. The molecule has 1 saturated carbocycles. The van der Waals surface area contributed by atoms with E-state index in [1.165, 1.54) is 7.11 Å². The number of Topliss-reactive ketones (excluding diaryl/α,β-unsaturated/α-hetero) is 1. The van der Waals surface area contributed by atoms with Crippen LogP contribution in [0, 0.1) is 11.8 Å². The van der Waals surface area contributed by atoms with Crippen molar-refractivity contribution in [1.82, 2.24) is 0 Å². The number of esters is 1. The topological polar surface area (TPSA) is 69.7 Å². The number of hydrogen-bond donors (Lipinski definition) is 0. The first-order valence-corrected chi connectivity index (χ1v) is 9.01. The molecule has 1 aliphatic carbocycles. The van der Waals surface area contributed by atoms with Crippen molar-refractivity contribution >= 4 is 18.0 Å². The van der Waals surface area contributed by atoms with E-state index in [0.29, 0.717) is 25.9 Å². The summed E-state index contributed by atoms with van der Waals surface area (Å²) in [5.41, 5.74) is 1.03. The summed E-state index contributed by atoms with van der Waals surface area (Å²) < 4.78 is 10.4. The average molecular weight is 358 g/mol. The van der Waals surface area contributed by atoms with Crippen LogP contribution in [0.25, 0.3) is 0 Å². The highest BCUT2D eigenvalue weighted by Gasteiger charge is 2.42. The lowest BCUT2D eigenvalue weighted by atomic mass is 9.92. The molecule has 1 aliphatic rings. The SMILES string of the molecule is COC(=O)CCC/C=C/C[C@H]1C(=O)C[C@@H](OCc2ccccc2)[C@@H]1C=O. The Morgan fingerprint density at radius 2 is 2.00 bits per heavy atom. The summed E-state index contributed by atoms with van der Waals surface area (Å²) in [5.74, 6) is -0.848. The number of rotatable bonds is 10. The molecule has 0 N–H and O–H groups in total. The molecular formula is C21H26O5. The van der Waals surface area contributed by atoms with Gasteiger partial charge >= 0.3 is 5.97 Å². The van der Waals surface area contributed by atoms with Crippen LogP contribution in [0.5, 0.6) is 0 Å². The van der Waals surface area contributed by atoms with Crippen LogP contribution in [-0.2, 0) is 30.5 Å². The monoisotopic (exact) mass is 358 g/mol. The lowest BCUT2D eigenvalue weighted by Gasteiger charge is -2.18. The van der Waals surface area contributed by atoms with Crippen LogP contribution in [0.3, 0.4) is 0 Å². The predicted octanol–water partition coefficient (Wildman–Crippen LogP) is 3.27. The highest BCUT2D eigenvalue weighted by Crippen LogP contribution is 2.33. The second kappa shape index (κ2) is 10.7. The Bertz CT molecular complexity index is 623. The van der Waals surface area contributed by atoms with Crippen molar-refractivity contribution in [1.29, 1.82) is 0 Å². The van der Waals surface area contributed by atoms with Crippen LogP contribution < -0.4 is 0 Å². The molecule has 1 aromatic rings. The third-order valence-corrected chi connectivity index (χ3v) is 4.71. The maximum atomic E-state index is 12.3. The molecule has 1 aromatic carbocycles. The minimum Gasteiger partial charge on any atom is -0.469 e. The van der Waals surface area contributed by atoms with E-state index in [1.807, 2.05) is 42.5 Å². The van der Waals surface area contributed by atoms with Gasteiger partial charge in [-0.25, -0.2) is 0 Å². The van der Waals surface area contributed by atoms with Crippen LogP contribution in [0.2, 0.25) is 0 Å². The van der Waals surface area contributed by atoms with E-state index < -0.39 is 5.92 Å². The van der Waals surface area contributed by atoms with E-state index in [2.05, 4.69) is 4.74 Å². The number of methoxy groups -OCH3 is 1. The Balaban J connectivity index is 1.80. The molecule has 0 heterocycles. The van der Waals surface area contributed by atoms with Gasteiger partial charge in [0.1, 0.15) is 12.1 Å². The lowest BCUT2D eigenvalue weighted by Crippen LogP contribution is -2.24. The molecule has 5 nitrogen and oxygen atoms in total. The molecule has 140 valence electrons. The van der Waals surface area contributed by atoms with Crippen molar-refractivity contribution in [3.05, 3.63) is 48.0 Å². The van der Waals surface area contributed by atoms with Gasteiger partial charge in [-0.2, -0.15) is 0 Å². The standard InChI is InChI=1S/C21H26O5/c1-25-21(24)12-8-3-2-7-11-17-18(14-22)20(13-19(17)23)26-15-16-9-5-4-6-10-16/h2,4-7,9-10,14,17-18,20H,3,8,11-13,15H2,1H3/b7-2+/t17-,18-,20-/m1/s1. The predicted molar refractivity (Wildman–Crippen MR) is 97.3 cm³/mol. The van der Waals surface area contributed by atoms with E-state index in [1.54, 1.807) is 0 Å². The van der Waals surface area contributed by atoms with Crippen LogP contribution in [-0.4, -0.2) is 31.3 Å². The maximum Gasteiger partial charge on any atom is 0.305 e. The fraction of sp³-hybridized carbons (Fsp3) is 0.476. The highest BCUT2D eigenvalue weighted by atomic mass is 16.5. The van der Waals surface area contributed by atoms with Gasteiger partial charge in [-0.1, -0.05) is 42.5 Å². The van der Waals surface area contributed by atoms with Crippen LogP contribution in [0.4, 0.5) is 0 Å². The molecule has 0 bridgehead atoms. The molecule has 0 amide bonds. The van der Waals surface area contributed by atoms with E-state index in [4.69, 9.17) is 4.74 Å². The summed E-state index contributed by atoms with van der Waals surface area (Å²) in [4.78, 5) is 34.8. The molecule has 0 saturated heterocycles. The molecule has 0 radical (unpaired) electrons. The Morgan fingerprint density at radius 1 is 1.23 bits per heavy atom. The quantitative estimate of drug-likeness (QED) is 0.278. The van der Waals surface area contributed by atoms with Gasteiger partial charge in [0, 0.05) is 18.8 Å². The molecule has 0 unspecified atom stereocenters. The van der Waals surface area contributed by atoms with Gasteiger partial charge in [0.05, 0.1) is 25.7 Å². The van der Waals surface area contributed by atoms with Crippen molar-refractivity contribution in [3.8, 4) is 0 Å². The van der Waals surface area contributed by atoms with Crippen LogP contribution in [0.1, 0.15) is 37.7 Å². The minimum absolute atomic E-state index is 0.0828. The molecule has 0 aromatic heterocycles. The number of hydrogen-bond acceptors (Lipinski definition) is 5. The zero-order valence-corrected chi connectivity index (χ0v) is 15.1. The zero-order valence-electron chi connectivity index (χ0n) is 15.1. The fourth-order valence-electron chi connectivity index (χ4n) is 3.21. The van der Waals surface area contributed by atoms with Gasteiger partial charge in [-0.3, -0.25) is 9.59 Å². The van der Waals surface area contributed by atoms with E-state index in [0.717, 1.165) is 18.3 Å². The molecular weight excluding hydrogens is 332 g/mol. The van der Waals surface area contributed by atoms with Crippen molar-refractivity contribution in [3.63, 3.8) is 0 Å². The van der Waals surface area contributed by atoms with Gasteiger partial charge < -0.3 is 14.3 Å². The minimum atomic E-state index is -0.397. The van der Waals surface area contributed by atoms with Gasteiger partial charge in [0.15, 0.2) is 0 Å². The first-order chi connectivity index (χ1) is 12.7. The van der Waals surface area contributed by atoms with Crippen LogP contribution >= 0.6 is 0 Å². The fourth-order valence-corrected chi connectivity index (χ4v) is 3.21. The van der Waals surface area contributed by atoms with E-state index in [-0.39, 0.29) is 30.2 Å². The summed E-state index contributed by atoms with van der Waals surface area (Å²) in [6, 6.07) is 9.72. The number of ether oxygens (including phenoxy) is 2. The molecule has 2 rings (SSSR count). The molecule has 0 spiro atoms. The Morgan fingerprint density at radius 3 is 2.69 bits per heavy atom. The molecule has 0 aliphatic heterocycles. The normalized spacial score (nSPS) is 22.7. The van der Waals surface area contributed by atoms with Crippen LogP contribution in [0.15, 0.2) is 42.5 Å². The number of benzene rings is 1. The Labute approximate surface area is 154 Å². The largest absolute Gasteiger partial charge is 0.469 e. The zero-order chi connectivity index (χ0) is 18.8. The number of carbonyl (C=O) groups excluding carboxylic acids is 3. The van der Waals surface area contributed by atoms with E-state index >= 15 is 0 Å². The van der Waals surface area contributed by atoms with Crippen molar-refractivity contribution < 1.29 is 23.9 Å². The Hall–Kier alpha value is -2.27. The molecule has 26 heavy (non-hydrogen) atoms. The summed E-state index contributed by atoms with van der Waals surface area (Å²) in [7, 11) is 1.37. The second-order valence-corrected chi connectivity index (χ2v) is 6.50. The number of ketones is 1. The van der Waals surface area contributed by atoms with Gasteiger partial charge in [0.25, 0.3) is 0 Å². The smallest absolute Gasteiger partial charge is 0.305 e. The summed E-state index contributed by atoms with van der Waals surface area (Å²) in [6.45, 7) is 0.402. The number of allylic oxidation sites excluding steroid dienone is 2. The first kappa shape index (κ1) is 20.0. The van der Waals surface area contributed by atoms with E-state index in [9.17, 15) is 14.4 Å². The first-order valence-electron chi connectivity index (χ1n) is 9.01. The summed E-state index contributed by atoms with van der Waals surface area (Å²) in [5, 5.41) is 0. The molecule has 3 atom stereocenters. The molecule has 5 heteroatoms. The maximum absolute atomic E-state index is 12.3. The van der Waals surface area contributed by atoms with Crippen molar-refractivity contribution in [2.45, 2.75) is 44.8 Å². The third-order valence-electron chi connectivity index (χ3n) is 4.71. The lowest BCUT2D eigenvalue weighted by molar-refractivity contribution is -0.140. The Kier molecular flexibility index (Phi) is 8.22. The number of aldehydes is 1. The molecule has 1 fully saturated rings. The van der Waals surface area contributed by atoms with Gasteiger partial charge in [-0.05, 0) is 24.8 Å². The summed E-state index contributed by atoms with van der Waals surface area (Å²) >= 11 is 0. The van der Waals surface area contributed by atoms with Crippen molar-refractivity contribution in [2.75, 3.05) is 7.11 Å². The van der Waals surface area contributed by atoms with Gasteiger partial charge in [-0.15, -0.1) is 0 Å². The second-order valence-electron chi connectivity index (χ2n) is 6.50.